The molecule has 0 spiro atoms. The molecule has 0 aliphatic heterocycles. The molecule has 2 rings (SSSR count). The molecule has 1 aromatic heterocycles. The van der Waals surface area contributed by atoms with E-state index in [0.29, 0.717) is 4.83 Å². The highest BCUT2D eigenvalue weighted by Crippen LogP contribution is 2.21. The van der Waals surface area contributed by atoms with Crippen molar-refractivity contribution in [2.75, 3.05) is 0 Å². The van der Waals surface area contributed by atoms with E-state index in [2.05, 4.69) is 52.1 Å². The van der Waals surface area contributed by atoms with E-state index in [9.17, 15) is 0 Å². The fourth-order valence-electron chi connectivity index (χ4n) is 2.18. The summed E-state index contributed by atoms with van der Waals surface area (Å²) in [6.07, 6.45) is 8.66. The molecule has 0 radical (unpaired) electrons. The maximum absolute atomic E-state index is 4.17. The number of aryl methyl sites for hydroxylation is 1. The second-order valence-electron chi connectivity index (χ2n) is 4.44. The first-order valence-corrected chi connectivity index (χ1v) is 7.18. The lowest BCUT2D eigenvalue weighted by Crippen LogP contribution is -1.99. The Kier molecular flexibility index (Phi) is 4.55. The Hall–Kier alpha value is -0.890. The number of alkyl halides is 1. The highest BCUT2D eigenvalue weighted by Gasteiger charge is 2.05. The summed E-state index contributed by atoms with van der Waals surface area (Å²) >= 11 is 3.75. The Morgan fingerprint density at radius 3 is 2.94 bits per heavy atom. The van der Waals surface area contributed by atoms with Crippen LogP contribution in [0.25, 0.3) is 10.8 Å². The van der Waals surface area contributed by atoms with E-state index in [4.69, 9.17) is 0 Å². The molecule has 17 heavy (non-hydrogen) atoms. The number of fused-ring (bicyclic) bond motifs is 1. The van der Waals surface area contributed by atoms with E-state index < -0.39 is 0 Å². The molecule has 0 amide bonds. The second kappa shape index (κ2) is 6.15. The molecule has 0 aliphatic rings. The number of halogens is 1. The van der Waals surface area contributed by atoms with Crippen molar-refractivity contribution in [3.63, 3.8) is 0 Å². The predicted octanol–water partition coefficient (Wildman–Crippen LogP) is 4.73. The number of hydrogen-bond acceptors (Lipinski definition) is 1. The van der Waals surface area contributed by atoms with Gasteiger partial charge in [-0.1, -0.05) is 47.5 Å². The van der Waals surface area contributed by atoms with Crippen molar-refractivity contribution in [1.29, 1.82) is 0 Å². The molecule has 0 N–H and O–H groups in total. The molecular formula is C15H18BrN. The van der Waals surface area contributed by atoms with Gasteiger partial charge in [-0.05, 0) is 36.3 Å². The summed E-state index contributed by atoms with van der Waals surface area (Å²) in [5, 5.41) is 2.59. The van der Waals surface area contributed by atoms with Crippen molar-refractivity contribution in [2.24, 2.45) is 0 Å². The zero-order valence-corrected chi connectivity index (χ0v) is 11.8. The smallest absolute Gasteiger partial charge is 0.0346 e. The average molecular weight is 292 g/mol. The Labute approximate surface area is 111 Å². The van der Waals surface area contributed by atoms with Crippen LogP contribution in [0.15, 0.2) is 36.7 Å². The molecule has 1 nitrogen and oxygen atoms in total. The van der Waals surface area contributed by atoms with E-state index in [1.54, 1.807) is 0 Å². The third-order valence-corrected chi connectivity index (χ3v) is 4.02. The third kappa shape index (κ3) is 3.29. The van der Waals surface area contributed by atoms with Crippen LogP contribution in [-0.2, 0) is 6.42 Å². The van der Waals surface area contributed by atoms with Gasteiger partial charge in [0.05, 0.1) is 0 Å². The molecule has 2 aromatic rings. The lowest BCUT2D eigenvalue weighted by atomic mass is 10.0. The van der Waals surface area contributed by atoms with Crippen molar-refractivity contribution >= 4 is 26.7 Å². The summed E-state index contributed by atoms with van der Waals surface area (Å²) < 4.78 is 0. The van der Waals surface area contributed by atoms with E-state index in [0.717, 1.165) is 6.42 Å². The van der Waals surface area contributed by atoms with Crippen LogP contribution in [0.1, 0.15) is 31.7 Å². The van der Waals surface area contributed by atoms with Gasteiger partial charge < -0.3 is 0 Å². The van der Waals surface area contributed by atoms with Crippen LogP contribution in [0.5, 0.6) is 0 Å². The van der Waals surface area contributed by atoms with Crippen molar-refractivity contribution in [3.8, 4) is 0 Å². The van der Waals surface area contributed by atoms with Gasteiger partial charge in [0, 0.05) is 22.6 Å². The van der Waals surface area contributed by atoms with Gasteiger partial charge in [0.15, 0.2) is 0 Å². The zero-order valence-electron chi connectivity index (χ0n) is 10.2. The molecule has 0 aliphatic carbocycles. The highest BCUT2D eigenvalue weighted by molar-refractivity contribution is 9.09. The predicted molar refractivity (Wildman–Crippen MR) is 77.7 cm³/mol. The van der Waals surface area contributed by atoms with Gasteiger partial charge in [0.1, 0.15) is 0 Å². The summed E-state index contributed by atoms with van der Waals surface area (Å²) in [6.45, 7) is 2.23. The first kappa shape index (κ1) is 12.6. The lowest BCUT2D eigenvalue weighted by Gasteiger charge is -2.10. The molecule has 0 saturated carbocycles. The number of hydrogen-bond donors (Lipinski definition) is 0. The molecule has 2 heteroatoms. The maximum Gasteiger partial charge on any atom is 0.0346 e. The number of benzene rings is 1. The standard InChI is InChI=1S/C15H18BrN/c1-2-4-14(16)8-7-12-5-3-6-13-11-17-10-9-15(12)13/h3,5-6,9-11,14H,2,4,7-8H2,1H3. The fourth-order valence-corrected chi connectivity index (χ4v) is 2.86. The van der Waals surface area contributed by atoms with Gasteiger partial charge in [-0.2, -0.15) is 0 Å². The molecule has 1 heterocycles. The normalized spacial score (nSPS) is 12.8. The van der Waals surface area contributed by atoms with Crippen LogP contribution in [0.3, 0.4) is 0 Å². The van der Waals surface area contributed by atoms with Crippen LogP contribution in [0, 0.1) is 0 Å². The average Bonchev–Trinajstić information content (AvgIpc) is 2.36. The van der Waals surface area contributed by atoms with Crippen LogP contribution in [0.4, 0.5) is 0 Å². The largest absolute Gasteiger partial charge is 0.264 e. The number of nitrogens with zero attached hydrogens (tertiary/aromatic N) is 1. The molecule has 0 bridgehead atoms. The lowest BCUT2D eigenvalue weighted by molar-refractivity contribution is 0.694. The Morgan fingerprint density at radius 1 is 1.24 bits per heavy atom. The van der Waals surface area contributed by atoms with Gasteiger partial charge >= 0.3 is 0 Å². The summed E-state index contributed by atoms with van der Waals surface area (Å²) in [7, 11) is 0. The zero-order chi connectivity index (χ0) is 12.1. The minimum Gasteiger partial charge on any atom is -0.264 e. The van der Waals surface area contributed by atoms with Gasteiger partial charge in [0.25, 0.3) is 0 Å². The second-order valence-corrected chi connectivity index (χ2v) is 5.73. The number of pyridine rings is 1. The minimum atomic E-state index is 0.643. The van der Waals surface area contributed by atoms with Gasteiger partial charge in [-0.15, -0.1) is 0 Å². The first-order chi connectivity index (χ1) is 8.31. The van der Waals surface area contributed by atoms with Gasteiger partial charge in [0.2, 0.25) is 0 Å². The van der Waals surface area contributed by atoms with Crippen LogP contribution < -0.4 is 0 Å². The summed E-state index contributed by atoms with van der Waals surface area (Å²) in [4.78, 5) is 4.81. The Morgan fingerprint density at radius 2 is 2.12 bits per heavy atom. The fraction of sp³-hybridized carbons (Fsp3) is 0.400. The monoisotopic (exact) mass is 291 g/mol. The van der Waals surface area contributed by atoms with E-state index in [1.165, 1.54) is 35.6 Å². The van der Waals surface area contributed by atoms with Crippen molar-refractivity contribution in [2.45, 2.75) is 37.4 Å². The van der Waals surface area contributed by atoms with Gasteiger partial charge in [-0.25, -0.2) is 0 Å². The SMILES string of the molecule is CCCC(Br)CCc1cccc2cnccc12. The molecule has 0 fully saturated rings. The molecular weight excluding hydrogens is 274 g/mol. The molecule has 1 aromatic carbocycles. The molecule has 0 saturated heterocycles. The third-order valence-electron chi connectivity index (χ3n) is 3.10. The van der Waals surface area contributed by atoms with E-state index in [-0.39, 0.29) is 0 Å². The Balaban J connectivity index is 2.13. The maximum atomic E-state index is 4.17. The highest BCUT2D eigenvalue weighted by atomic mass is 79.9. The van der Waals surface area contributed by atoms with Crippen LogP contribution in [0.2, 0.25) is 0 Å². The van der Waals surface area contributed by atoms with Crippen molar-refractivity contribution in [3.05, 3.63) is 42.2 Å². The first-order valence-electron chi connectivity index (χ1n) is 6.27. The topological polar surface area (TPSA) is 12.9 Å². The molecule has 90 valence electrons. The quantitative estimate of drug-likeness (QED) is 0.726. The van der Waals surface area contributed by atoms with Crippen molar-refractivity contribution in [1.82, 2.24) is 4.98 Å². The summed E-state index contributed by atoms with van der Waals surface area (Å²) in [5.74, 6) is 0. The van der Waals surface area contributed by atoms with Crippen LogP contribution in [-0.4, -0.2) is 9.81 Å². The molecule has 1 atom stereocenters. The number of aromatic nitrogens is 1. The summed E-state index contributed by atoms with van der Waals surface area (Å²) in [6, 6.07) is 8.60. The minimum absolute atomic E-state index is 0.643. The van der Waals surface area contributed by atoms with Gasteiger partial charge in [-0.3, -0.25) is 4.98 Å². The molecule has 1 unspecified atom stereocenters. The summed E-state index contributed by atoms with van der Waals surface area (Å²) in [5.41, 5.74) is 1.44. The number of rotatable bonds is 5. The van der Waals surface area contributed by atoms with E-state index in [1.807, 2.05) is 12.4 Å². The van der Waals surface area contributed by atoms with E-state index >= 15 is 0 Å². The van der Waals surface area contributed by atoms with Crippen molar-refractivity contribution < 1.29 is 0 Å². The Bertz CT molecular complexity index is 476. The van der Waals surface area contributed by atoms with Crippen LogP contribution >= 0.6 is 15.9 Å².